The van der Waals surface area contributed by atoms with Crippen molar-refractivity contribution in [1.29, 1.82) is 0 Å². The summed E-state index contributed by atoms with van der Waals surface area (Å²) in [5.74, 6) is 1.70. The summed E-state index contributed by atoms with van der Waals surface area (Å²) < 4.78 is 12.8. The molecule has 0 bridgehead atoms. The quantitative estimate of drug-likeness (QED) is 0.336. The van der Waals surface area contributed by atoms with Crippen molar-refractivity contribution in [1.82, 2.24) is 14.5 Å². The topological polar surface area (TPSA) is 95.2 Å². The number of carbonyl (C=O) groups excluding carboxylic acids is 1. The molecule has 0 aliphatic rings. The number of hydrogen-bond acceptors (Lipinski definition) is 6. The molecular weight excluding hydrogens is 400 g/mol. The predicted molar refractivity (Wildman–Crippen MR) is 120 cm³/mol. The maximum atomic E-state index is 12.7. The lowest BCUT2D eigenvalue weighted by Gasteiger charge is -2.15. The minimum atomic E-state index is 0.0812. The molecule has 2 aromatic carbocycles. The second-order valence-corrected chi connectivity index (χ2v) is 7.30. The molecule has 0 aliphatic carbocycles. The number of rotatable bonds is 7. The number of aromatic nitrogens is 3. The largest absolute Gasteiger partial charge is 0.493 e. The van der Waals surface area contributed by atoms with Crippen LogP contribution < -0.4 is 15.2 Å². The highest BCUT2D eigenvalue weighted by Gasteiger charge is 2.14. The number of hydrogen-bond donors (Lipinski definition) is 2. The highest BCUT2D eigenvalue weighted by molar-refractivity contribution is 7.71. The number of nitrogens with two attached hydrogens (primary N) is 1. The van der Waals surface area contributed by atoms with Crippen molar-refractivity contribution in [2.75, 3.05) is 20.0 Å². The number of fused-ring (bicyclic) bond motifs is 2. The van der Waals surface area contributed by atoms with E-state index in [1.807, 2.05) is 24.3 Å². The zero-order chi connectivity index (χ0) is 21.3. The van der Waals surface area contributed by atoms with E-state index in [-0.39, 0.29) is 5.78 Å². The fraction of sp³-hybridized carbons (Fsp3) is 0.227. The maximum absolute atomic E-state index is 12.7. The maximum Gasteiger partial charge on any atom is 0.201 e. The van der Waals surface area contributed by atoms with Crippen molar-refractivity contribution in [2.45, 2.75) is 19.4 Å². The Bertz CT molecular complexity index is 1310. The molecule has 0 unspecified atom stereocenters. The lowest BCUT2D eigenvalue weighted by atomic mass is 10.1. The van der Waals surface area contributed by atoms with Gasteiger partial charge >= 0.3 is 0 Å². The third-order valence-corrected chi connectivity index (χ3v) is 5.50. The number of para-hydroxylation sites is 1. The van der Waals surface area contributed by atoms with Gasteiger partial charge in [0.1, 0.15) is 5.82 Å². The molecule has 2 aromatic heterocycles. The van der Waals surface area contributed by atoms with Gasteiger partial charge in [0, 0.05) is 47.1 Å². The van der Waals surface area contributed by atoms with Crippen LogP contribution >= 0.6 is 12.2 Å². The van der Waals surface area contributed by atoms with Crippen LogP contribution in [0.25, 0.3) is 21.8 Å². The summed E-state index contributed by atoms with van der Waals surface area (Å²) in [7, 11) is 3.13. The van der Waals surface area contributed by atoms with Gasteiger partial charge in [-0.25, -0.2) is 4.98 Å². The van der Waals surface area contributed by atoms with Crippen molar-refractivity contribution >= 4 is 45.6 Å². The van der Waals surface area contributed by atoms with E-state index in [1.54, 1.807) is 37.1 Å². The fourth-order valence-electron chi connectivity index (χ4n) is 3.63. The number of carbonyl (C=O) groups is 1. The Morgan fingerprint density at radius 2 is 1.90 bits per heavy atom. The molecular formula is C22H22N4O3S. The zero-order valence-electron chi connectivity index (χ0n) is 16.8. The Balaban J connectivity index is 1.56. The highest BCUT2D eigenvalue weighted by Crippen LogP contribution is 2.33. The lowest BCUT2D eigenvalue weighted by molar-refractivity contribution is 0.0980. The number of H-pyrrole nitrogens is 1. The molecule has 0 atom stereocenters. The van der Waals surface area contributed by atoms with Crippen molar-refractivity contribution in [3.63, 3.8) is 0 Å². The summed E-state index contributed by atoms with van der Waals surface area (Å²) in [6.07, 6.45) is 2.74. The second kappa shape index (κ2) is 8.16. The van der Waals surface area contributed by atoms with E-state index in [2.05, 4.69) is 9.97 Å². The lowest BCUT2D eigenvalue weighted by Crippen LogP contribution is -2.11. The van der Waals surface area contributed by atoms with Gasteiger partial charge in [-0.1, -0.05) is 18.2 Å². The first-order valence-corrected chi connectivity index (χ1v) is 9.95. The number of benzene rings is 2. The van der Waals surface area contributed by atoms with E-state index < -0.39 is 0 Å². The van der Waals surface area contributed by atoms with Crippen LogP contribution in [0.5, 0.6) is 11.5 Å². The van der Waals surface area contributed by atoms with Crippen LogP contribution in [-0.2, 0) is 6.54 Å². The molecule has 0 saturated heterocycles. The van der Waals surface area contributed by atoms with E-state index in [0.717, 1.165) is 16.3 Å². The van der Waals surface area contributed by atoms with Gasteiger partial charge in [0.2, 0.25) is 4.77 Å². The standard InChI is InChI=1S/C22H22N4O3S/c1-28-19-10-14-17(11-20(19)29-2)25-22(30)26(21(14)23)9-5-8-18(27)15-12-24-16-7-4-3-6-13(15)16/h3-4,6-7,10-12,24H,5,8-9,23H2,1-2H3. The van der Waals surface area contributed by atoms with E-state index in [4.69, 9.17) is 27.4 Å². The first-order chi connectivity index (χ1) is 14.5. The third-order valence-electron chi connectivity index (χ3n) is 5.19. The van der Waals surface area contributed by atoms with E-state index in [1.165, 1.54) is 0 Å². The number of aromatic amines is 1. The average Bonchev–Trinajstić information content (AvgIpc) is 3.19. The Morgan fingerprint density at radius 1 is 1.17 bits per heavy atom. The van der Waals surface area contributed by atoms with Crippen molar-refractivity contribution in [3.05, 3.63) is 52.9 Å². The van der Waals surface area contributed by atoms with E-state index >= 15 is 0 Å². The van der Waals surface area contributed by atoms with Gasteiger partial charge in [-0.2, -0.15) is 0 Å². The van der Waals surface area contributed by atoms with Gasteiger partial charge in [0.15, 0.2) is 17.3 Å². The fourth-order valence-corrected chi connectivity index (χ4v) is 3.92. The van der Waals surface area contributed by atoms with E-state index in [0.29, 0.717) is 52.6 Å². The summed E-state index contributed by atoms with van der Waals surface area (Å²) in [4.78, 5) is 20.3. The average molecular weight is 423 g/mol. The number of Topliss-reactive ketones (excluding diaryl/α,β-unsaturated/α-hetero) is 1. The molecule has 4 rings (SSSR count). The summed E-state index contributed by atoms with van der Waals surface area (Å²) in [5, 5.41) is 1.66. The van der Waals surface area contributed by atoms with Crippen LogP contribution in [0.2, 0.25) is 0 Å². The molecule has 0 spiro atoms. The molecule has 3 N–H and O–H groups in total. The Kier molecular flexibility index (Phi) is 5.41. The first-order valence-electron chi connectivity index (χ1n) is 9.55. The third kappa shape index (κ3) is 3.50. The number of ether oxygens (including phenoxy) is 2. The van der Waals surface area contributed by atoms with Crippen LogP contribution in [0.4, 0.5) is 5.82 Å². The second-order valence-electron chi connectivity index (χ2n) is 6.93. The van der Waals surface area contributed by atoms with Crippen LogP contribution in [-0.4, -0.2) is 34.5 Å². The summed E-state index contributed by atoms with van der Waals surface area (Å²) >= 11 is 5.44. The molecule has 154 valence electrons. The van der Waals surface area contributed by atoms with Crippen molar-refractivity contribution in [2.24, 2.45) is 0 Å². The van der Waals surface area contributed by atoms with Gasteiger partial charge < -0.3 is 24.8 Å². The van der Waals surface area contributed by atoms with Gasteiger partial charge in [-0.3, -0.25) is 4.79 Å². The summed E-state index contributed by atoms with van der Waals surface area (Å²) in [6.45, 7) is 0.496. The molecule has 0 amide bonds. The van der Waals surface area contributed by atoms with Gasteiger partial charge in [0.05, 0.1) is 19.7 Å². The minimum absolute atomic E-state index is 0.0812. The Hall–Kier alpha value is -3.39. The van der Waals surface area contributed by atoms with Crippen LogP contribution in [0.15, 0.2) is 42.6 Å². The molecule has 2 heterocycles. The molecule has 4 aromatic rings. The molecule has 8 heteroatoms. The minimum Gasteiger partial charge on any atom is -0.493 e. The number of anilines is 1. The van der Waals surface area contributed by atoms with Crippen LogP contribution in [0, 0.1) is 4.77 Å². The Morgan fingerprint density at radius 3 is 2.67 bits per heavy atom. The Labute approximate surface area is 178 Å². The molecule has 7 nitrogen and oxygen atoms in total. The SMILES string of the molecule is COc1cc2nc(=S)n(CCCC(=O)c3c[nH]c4ccccc34)c(N)c2cc1OC. The van der Waals surface area contributed by atoms with Crippen LogP contribution in [0.3, 0.4) is 0 Å². The van der Waals surface area contributed by atoms with Crippen molar-refractivity contribution < 1.29 is 14.3 Å². The normalized spacial score (nSPS) is 11.1. The zero-order valence-corrected chi connectivity index (χ0v) is 17.6. The molecule has 0 saturated carbocycles. The number of ketones is 1. The summed E-state index contributed by atoms with van der Waals surface area (Å²) in [6, 6.07) is 11.3. The molecule has 0 aliphatic heterocycles. The van der Waals surface area contributed by atoms with Gasteiger partial charge in [-0.05, 0) is 30.8 Å². The van der Waals surface area contributed by atoms with E-state index in [9.17, 15) is 4.79 Å². The van der Waals surface area contributed by atoms with Crippen molar-refractivity contribution in [3.8, 4) is 11.5 Å². The number of nitrogens with zero attached hydrogens (tertiary/aromatic N) is 2. The number of methoxy groups -OCH3 is 2. The molecule has 0 fully saturated rings. The molecule has 30 heavy (non-hydrogen) atoms. The monoisotopic (exact) mass is 422 g/mol. The number of nitrogen functional groups attached to an aromatic ring is 1. The molecule has 0 radical (unpaired) electrons. The van der Waals surface area contributed by atoms with Crippen LogP contribution in [0.1, 0.15) is 23.2 Å². The van der Waals surface area contributed by atoms with Gasteiger partial charge in [0.25, 0.3) is 0 Å². The highest BCUT2D eigenvalue weighted by atomic mass is 32.1. The number of nitrogens with one attached hydrogen (secondary N) is 1. The smallest absolute Gasteiger partial charge is 0.201 e. The first kappa shape index (κ1) is 19.9. The summed E-state index contributed by atoms with van der Waals surface area (Å²) in [5.41, 5.74) is 8.69. The van der Waals surface area contributed by atoms with Gasteiger partial charge in [-0.15, -0.1) is 0 Å². The predicted octanol–water partition coefficient (Wildman–Crippen LogP) is 4.51.